The Balaban J connectivity index is 2.10. The van der Waals surface area contributed by atoms with Crippen molar-refractivity contribution >= 4 is 12.2 Å². The van der Waals surface area contributed by atoms with Crippen LogP contribution in [0.4, 0.5) is 19.0 Å². The van der Waals surface area contributed by atoms with Crippen molar-refractivity contribution in [3.05, 3.63) is 63.0 Å². The number of rotatable bonds is 6. The Morgan fingerprint density at radius 2 is 1.90 bits per heavy atom. The fourth-order valence-electron chi connectivity index (χ4n) is 2.74. The van der Waals surface area contributed by atoms with Gasteiger partial charge in [0.05, 0.1) is 25.3 Å². The molecule has 3 aromatic rings. The van der Waals surface area contributed by atoms with Crippen molar-refractivity contribution in [2.45, 2.75) is 19.8 Å². The summed E-state index contributed by atoms with van der Waals surface area (Å²) >= 11 is 0. The molecule has 2 aromatic heterocycles. The lowest BCUT2D eigenvalue weighted by Crippen LogP contribution is -2.16. The Morgan fingerprint density at radius 3 is 2.57 bits per heavy atom. The number of aromatic nitrogens is 4. The molecule has 0 unspecified atom stereocenters. The lowest BCUT2D eigenvalue weighted by molar-refractivity contribution is 0.365. The Hall–Kier alpha value is -3.76. The molecule has 0 aliphatic heterocycles. The van der Waals surface area contributed by atoms with Crippen LogP contribution in [0.5, 0.6) is 5.88 Å². The molecule has 3 rings (SSSR count). The normalized spacial score (nSPS) is 11.2. The minimum Gasteiger partial charge on any atom is -0.479 e. The molecule has 0 saturated heterocycles. The van der Waals surface area contributed by atoms with Gasteiger partial charge in [0.15, 0.2) is 11.6 Å². The molecule has 0 radical (unpaired) electrons. The zero-order chi connectivity index (χ0) is 21.8. The van der Waals surface area contributed by atoms with Gasteiger partial charge in [0, 0.05) is 6.42 Å². The molecule has 0 aliphatic rings. The lowest BCUT2D eigenvalue weighted by atomic mass is 10.0. The van der Waals surface area contributed by atoms with Crippen molar-refractivity contribution in [2.24, 2.45) is 10.7 Å². The number of aliphatic imine (C=N–C) groups is 1. The molecule has 8 nitrogen and oxygen atoms in total. The van der Waals surface area contributed by atoms with Gasteiger partial charge in [-0.2, -0.15) is 9.37 Å². The summed E-state index contributed by atoms with van der Waals surface area (Å²) in [6, 6.07) is 2.21. The van der Waals surface area contributed by atoms with Crippen LogP contribution in [0.1, 0.15) is 23.7 Å². The van der Waals surface area contributed by atoms with Gasteiger partial charge in [-0.05, 0) is 29.7 Å². The molecule has 156 valence electrons. The molecule has 0 saturated carbocycles. The predicted octanol–water partition coefficient (Wildman–Crippen LogP) is 2.42. The summed E-state index contributed by atoms with van der Waals surface area (Å²) in [5.41, 5.74) is 4.73. The first-order valence-electron chi connectivity index (χ1n) is 8.79. The topological polar surface area (TPSA) is 119 Å². The number of ether oxygens (including phenoxy) is 1. The van der Waals surface area contributed by atoms with Gasteiger partial charge in [-0.3, -0.25) is 4.79 Å². The number of nitrogens with two attached hydrogens (primary N) is 1. The molecular weight excluding hydrogens is 401 g/mol. The van der Waals surface area contributed by atoms with Gasteiger partial charge in [-0.25, -0.2) is 23.7 Å². The fourth-order valence-corrected chi connectivity index (χ4v) is 2.74. The van der Waals surface area contributed by atoms with Crippen molar-refractivity contribution in [1.29, 1.82) is 0 Å². The van der Waals surface area contributed by atoms with Crippen LogP contribution < -0.4 is 16.0 Å². The average Bonchev–Trinajstić information content (AvgIpc) is 2.73. The van der Waals surface area contributed by atoms with E-state index in [1.54, 1.807) is 6.92 Å². The number of nitrogens with zero attached hydrogens (tertiary/aromatic N) is 4. The quantitative estimate of drug-likeness (QED) is 0.469. The van der Waals surface area contributed by atoms with E-state index in [9.17, 15) is 18.0 Å². The zero-order valence-corrected chi connectivity index (χ0v) is 16.0. The van der Waals surface area contributed by atoms with Crippen LogP contribution in [0, 0.1) is 17.5 Å². The SMILES string of the molecule is CCc1cc(F)c(Cc2nc(-c3nc(OC)c(F)c(=O)[nH]3)cnc2N=CN)cc1F. The highest BCUT2D eigenvalue weighted by Crippen LogP contribution is 2.24. The summed E-state index contributed by atoms with van der Waals surface area (Å²) in [6.07, 6.45) is 2.37. The number of aromatic amines is 1. The second-order valence-corrected chi connectivity index (χ2v) is 6.11. The van der Waals surface area contributed by atoms with E-state index in [-0.39, 0.29) is 40.6 Å². The highest BCUT2D eigenvalue weighted by atomic mass is 19.1. The molecule has 2 heterocycles. The molecule has 11 heteroatoms. The molecule has 0 spiro atoms. The second kappa shape index (κ2) is 8.72. The van der Waals surface area contributed by atoms with E-state index in [0.717, 1.165) is 25.6 Å². The fraction of sp³-hybridized carbons (Fsp3) is 0.211. The largest absolute Gasteiger partial charge is 0.479 e. The van der Waals surface area contributed by atoms with Crippen LogP contribution in [0.25, 0.3) is 11.5 Å². The summed E-state index contributed by atoms with van der Waals surface area (Å²) < 4.78 is 47.0. The van der Waals surface area contributed by atoms with Gasteiger partial charge in [-0.15, -0.1) is 0 Å². The van der Waals surface area contributed by atoms with Crippen LogP contribution in [0.15, 0.2) is 28.1 Å². The predicted molar refractivity (Wildman–Crippen MR) is 103 cm³/mol. The number of benzene rings is 1. The summed E-state index contributed by atoms with van der Waals surface area (Å²) in [5, 5.41) is 0. The number of hydrogen-bond acceptors (Lipinski definition) is 6. The number of H-pyrrole nitrogens is 1. The Labute approximate surface area is 168 Å². The Morgan fingerprint density at radius 1 is 1.20 bits per heavy atom. The van der Waals surface area contributed by atoms with E-state index in [1.807, 2.05) is 0 Å². The highest BCUT2D eigenvalue weighted by molar-refractivity contribution is 5.60. The minimum atomic E-state index is -1.19. The molecule has 0 fully saturated rings. The van der Waals surface area contributed by atoms with Gasteiger partial charge in [0.1, 0.15) is 17.3 Å². The molecule has 0 amide bonds. The molecule has 3 N–H and O–H groups in total. The van der Waals surface area contributed by atoms with Crippen molar-refractivity contribution < 1.29 is 17.9 Å². The van der Waals surface area contributed by atoms with Crippen molar-refractivity contribution in [3.8, 4) is 17.4 Å². The molecule has 0 aliphatic carbocycles. The minimum absolute atomic E-state index is 0.0303. The molecular formula is C19H17F3N6O2. The van der Waals surface area contributed by atoms with Gasteiger partial charge in [0.2, 0.25) is 5.82 Å². The number of halogens is 3. The van der Waals surface area contributed by atoms with E-state index in [0.29, 0.717) is 6.42 Å². The van der Waals surface area contributed by atoms with Gasteiger partial charge >= 0.3 is 0 Å². The first-order chi connectivity index (χ1) is 14.4. The van der Waals surface area contributed by atoms with E-state index < -0.39 is 28.9 Å². The number of methoxy groups -OCH3 is 1. The first-order valence-corrected chi connectivity index (χ1v) is 8.79. The summed E-state index contributed by atoms with van der Waals surface area (Å²) in [7, 11) is 1.15. The molecule has 0 atom stereocenters. The maximum atomic E-state index is 14.4. The van der Waals surface area contributed by atoms with Crippen LogP contribution in [-0.2, 0) is 12.8 Å². The summed E-state index contributed by atoms with van der Waals surface area (Å²) in [4.78, 5) is 30.1. The number of hydrogen-bond donors (Lipinski definition) is 2. The van der Waals surface area contributed by atoms with E-state index in [4.69, 9.17) is 10.5 Å². The Bertz CT molecular complexity index is 1180. The van der Waals surface area contributed by atoms with Crippen LogP contribution in [0.2, 0.25) is 0 Å². The number of nitrogens with one attached hydrogen (secondary N) is 1. The van der Waals surface area contributed by atoms with Gasteiger partial charge < -0.3 is 15.5 Å². The smallest absolute Gasteiger partial charge is 0.291 e. The molecule has 1 aromatic carbocycles. The van der Waals surface area contributed by atoms with Crippen LogP contribution >= 0.6 is 0 Å². The summed E-state index contributed by atoms with van der Waals surface area (Å²) in [6.45, 7) is 1.71. The average molecular weight is 418 g/mol. The third-order valence-electron chi connectivity index (χ3n) is 4.24. The van der Waals surface area contributed by atoms with Gasteiger partial charge in [0.25, 0.3) is 11.4 Å². The monoisotopic (exact) mass is 418 g/mol. The zero-order valence-electron chi connectivity index (χ0n) is 16.0. The van der Waals surface area contributed by atoms with Crippen molar-refractivity contribution in [2.75, 3.05) is 7.11 Å². The molecule has 30 heavy (non-hydrogen) atoms. The van der Waals surface area contributed by atoms with Crippen LogP contribution in [-0.4, -0.2) is 33.4 Å². The molecule has 0 bridgehead atoms. The van der Waals surface area contributed by atoms with Crippen molar-refractivity contribution in [3.63, 3.8) is 0 Å². The lowest BCUT2D eigenvalue weighted by Gasteiger charge is -2.10. The number of aryl methyl sites for hydroxylation is 1. The standard InChI is InChI=1S/C19H17F3N6O2/c1-3-9-4-12(21)10(5-11(9)20)6-13-16(25-8-23)24-7-14(26-13)17-27-18(29)15(22)19(28-17)30-2/h4-5,7-8H,3,6H2,1-2H3,(H2,23,24,25)(H,27,28,29). The third kappa shape index (κ3) is 4.14. The van der Waals surface area contributed by atoms with E-state index in [2.05, 4.69) is 24.9 Å². The van der Waals surface area contributed by atoms with Crippen LogP contribution in [0.3, 0.4) is 0 Å². The second-order valence-electron chi connectivity index (χ2n) is 6.11. The van der Waals surface area contributed by atoms with Crippen molar-refractivity contribution in [1.82, 2.24) is 19.9 Å². The highest BCUT2D eigenvalue weighted by Gasteiger charge is 2.17. The summed E-state index contributed by atoms with van der Waals surface area (Å²) in [5.74, 6) is -2.92. The van der Waals surface area contributed by atoms with E-state index in [1.165, 1.54) is 6.20 Å². The first kappa shape index (κ1) is 21.0. The van der Waals surface area contributed by atoms with E-state index >= 15 is 0 Å². The maximum Gasteiger partial charge on any atom is 0.291 e. The maximum absolute atomic E-state index is 14.4. The third-order valence-corrected chi connectivity index (χ3v) is 4.24. The Kier molecular flexibility index (Phi) is 6.09. The van der Waals surface area contributed by atoms with Gasteiger partial charge in [-0.1, -0.05) is 6.92 Å².